The van der Waals surface area contributed by atoms with E-state index in [1.165, 1.54) is 12.1 Å². The highest BCUT2D eigenvalue weighted by Crippen LogP contribution is 2.38. The molecule has 0 unspecified atom stereocenters. The van der Waals surface area contributed by atoms with Crippen LogP contribution in [-0.2, 0) is 16.0 Å². The molecular formula is C30H21FN4O3. The number of aromatic amines is 1. The monoisotopic (exact) mass is 504 g/mol. The van der Waals surface area contributed by atoms with Gasteiger partial charge in [-0.1, -0.05) is 18.2 Å². The largest absolute Gasteiger partial charge is 0.361 e. The lowest BCUT2D eigenvalue weighted by atomic mass is 9.85. The molecule has 5 aromatic rings. The number of halogens is 1. The SMILES string of the molecule is O=C(/C=C/C(=O)Nc1ccc2c(c1)C(=O)c1cccc3ccnc-2c13)NCCc1c[nH]c2ccc(F)cc12. The van der Waals surface area contributed by atoms with E-state index < -0.39 is 11.8 Å². The lowest BCUT2D eigenvalue weighted by Crippen LogP contribution is -2.24. The Bertz CT molecular complexity index is 1800. The Kier molecular flexibility index (Phi) is 5.76. The number of amides is 2. The second kappa shape index (κ2) is 9.40. The number of anilines is 1. The summed E-state index contributed by atoms with van der Waals surface area (Å²) in [5, 5.41) is 7.97. The van der Waals surface area contributed by atoms with Crippen molar-refractivity contribution in [3.05, 3.63) is 108 Å². The first-order chi connectivity index (χ1) is 18.5. The third-order valence-electron chi connectivity index (χ3n) is 6.63. The molecule has 186 valence electrons. The van der Waals surface area contributed by atoms with Crippen molar-refractivity contribution in [2.45, 2.75) is 6.42 Å². The minimum Gasteiger partial charge on any atom is -0.361 e. The second-order valence-corrected chi connectivity index (χ2v) is 9.02. The van der Waals surface area contributed by atoms with Crippen LogP contribution in [0.2, 0.25) is 0 Å². The van der Waals surface area contributed by atoms with Crippen LogP contribution in [0.25, 0.3) is 32.9 Å². The molecule has 2 amide bonds. The molecule has 8 heteroatoms. The molecule has 0 spiro atoms. The zero-order valence-corrected chi connectivity index (χ0v) is 20.0. The maximum Gasteiger partial charge on any atom is 0.248 e. The number of carbonyl (C=O) groups is 3. The van der Waals surface area contributed by atoms with Gasteiger partial charge in [-0.25, -0.2) is 4.39 Å². The number of pyridine rings is 1. The number of ketones is 1. The lowest BCUT2D eigenvalue weighted by molar-refractivity contribution is -0.117. The quantitative estimate of drug-likeness (QED) is 0.280. The van der Waals surface area contributed by atoms with Crippen LogP contribution in [0.3, 0.4) is 0 Å². The van der Waals surface area contributed by atoms with Crippen molar-refractivity contribution in [1.82, 2.24) is 15.3 Å². The zero-order chi connectivity index (χ0) is 26.2. The predicted molar refractivity (Wildman–Crippen MR) is 143 cm³/mol. The topological polar surface area (TPSA) is 104 Å². The first kappa shape index (κ1) is 23.3. The standard InChI is InChI=1S/C30H21FN4O3/c31-19-4-7-25-23(14-19)18(16-34-25)11-12-32-26(36)8-9-27(37)35-20-5-6-21-24(15-20)30(38)22-3-1-2-17-10-13-33-29(21)28(17)22/h1-10,13-16,34H,11-12H2,(H,32,36)(H,35,37)/b9-8+. The molecule has 1 aliphatic rings. The van der Waals surface area contributed by atoms with Crippen LogP contribution in [-0.4, -0.2) is 34.1 Å². The summed E-state index contributed by atoms with van der Waals surface area (Å²) in [6.07, 6.45) is 6.29. The maximum absolute atomic E-state index is 13.5. The Morgan fingerprint density at radius 2 is 1.82 bits per heavy atom. The fraction of sp³-hybridized carbons (Fsp3) is 0.0667. The molecule has 2 heterocycles. The van der Waals surface area contributed by atoms with E-state index in [1.807, 2.05) is 18.2 Å². The van der Waals surface area contributed by atoms with Crippen molar-refractivity contribution in [2.75, 3.05) is 11.9 Å². The van der Waals surface area contributed by atoms with Gasteiger partial charge in [-0.15, -0.1) is 0 Å². The Hall–Kier alpha value is -5.11. The minimum atomic E-state index is -0.504. The smallest absolute Gasteiger partial charge is 0.248 e. The van der Waals surface area contributed by atoms with Crippen molar-refractivity contribution < 1.29 is 18.8 Å². The van der Waals surface area contributed by atoms with Crippen LogP contribution in [0.5, 0.6) is 0 Å². The summed E-state index contributed by atoms with van der Waals surface area (Å²) in [4.78, 5) is 45.4. The maximum atomic E-state index is 13.5. The highest BCUT2D eigenvalue weighted by molar-refractivity contribution is 6.25. The van der Waals surface area contributed by atoms with Gasteiger partial charge in [0.15, 0.2) is 5.78 Å². The van der Waals surface area contributed by atoms with E-state index >= 15 is 0 Å². The molecule has 1 aliphatic carbocycles. The zero-order valence-electron chi connectivity index (χ0n) is 20.0. The van der Waals surface area contributed by atoms with Crippen molar-refractivity contribution in [3.8, 4) is 11.3 Å². The van der Waals surface area contributed by atoms with E-state index in [-0.39, 0.29) is 11.6 Å². The van der Waals surface area contributed by atoms with E-state index in [1.54, 1.807) is 42.7 Å². The van der Waals surface area contributed by atoms with Gasteiger partial charge in [-0.3, -0.25) is 19.4 Å². The van der Waals surface area contributed by atoms with Crippen LogP contribution in [0.4, 0.5) is 10.1 Å². The number of H-pyrrole nitrogens is 1. The second-order valence-electron chi connectivity index (χ2n) is 9.02. The molecular weight excluding hydrogens is 483 g/mol. The van der Waals surface area contributed by atoms with Gasteiger partial charge < -0.3 is 15.6 Å². The normalized spacial score (nSPS) is 12.2. The molecule has 0 bridgehead atoms. The first-order valence-electron chi connectivity index (χ1n) is 12.1. The molecule has 3 N–H and O–H groups in total. The summed E-state index contributed by atoms with van der Waals surface area (Å²) < 4.78 is 13.5. The number of fused-ring (bicyclic) bond motifs is 3. The van der Waals surface area contributed by atoms with Gasteiger partial charge >= 0.3 is 0 Å². The molecule has 38 heavy (non-hydrogen) atoms. The molecule has 0 radical (unpaired) electrons. The number of rotatable bonds is 6. The van der Waals surface area contributed by atoms with Crippen LogP contribution < -0.4 is 10.6 Å². The van der Waals surface area contributed by atoms with Gasteiger partial charge in [0, 0.05) is 69.8 Å². The van der Waals surface area contributed by atoms with Gasteiger partial charge in [0.05, 0.1) is 5.69 Å². The molecule has 0 saturated heterocycles. The van der Waals surface area contributed by atoms with Crippen LogP contribution in [0.1, 0.15) is 21.5 Å². The first-order valence-corrected chi connectivity index (χ1v) is 12.1. The van der Waals surface area contributed by atoms with Gasteiger partial charge in [0.25, 0.3) is 0 Å². The van der Waals surface area contributed by atoms with E-state index in [2.05, 4.69) is 20.6 Å². The Morgan fingerprint density at radius 1 is 0.947 bits per heavy atom. The predicted octanol–water partition coefficient (Wildman–Crippen LogP) is 4.92. The van der Waals surface area contributed by atoms with Crippen molar-refractivity contribution in [1.29, 1.82) is 0 Å². The molecule has 0 saturated carbocycles. The number of carbonyl (C=O) groups excluding carboxylic acids is 3. The Labute approximate surface area is 216 Å². The van der Waals surface area contributed by atoms with Crippen LogP contribution in [0, 0.1) is 5.82 Å². The number of benzene rings is 3. The molecule has 0 aliphatic heterocycles. The highest BCUT2D eigenvalue weighted by Gasteiger charge is 2.26. The Morgan fingerprint density at radius 3 is 2.71 bits per heavy atom. The summed E-state index contributed by atoms with van der Waals surface area (Å²) in [7, 11) is 0. The molecule has 0 atom stereocenters. The number of nitrogens with one attached hydrogen (secondary N) is 3. The van der Waals surface area contributed by atoms with Crippen molar-refractivity contribution >= 4 is 45.0 Å². The number of hydrogen-bond donors (Lipinski definition) is 3. The minimum absolute atomic E-state index is 0.130. The van der Waals surface area contributed by atoms with Gasteiger partial charge in [0.2, 0.25) is 11.8 Å². The molecule has 2 aromatic heterocycles. The van der Waals surface area contributed by atoms with Gasteiger partial charge in [0.1, 0.15) is 5.82 Å². The van der Waals surface area contributed by atoms with Crippen LogP contribution in [0.15, 0.2) is 85.2 Å². The fourth-order valence-electron chi connectivity index (χ4n) is 4.86. The molecule has 0 fully saturated rings. The third-order valence-corrected chi connectivity index (χ3v) is 6.63. The van der Waals surface area contributed by atoms with E-state index in [9.17, 15) is 18.8 Å². The summed E-state index contributed by atoms with van der Waals surface area (Å²) in [6, 6.07) is 17.1. The van der Waals surface area contributed by atoms with E-state index in [0.29, 0.717) is 35.3 Å². The average Bonchev–Trinajstić information content (AvgIpc) is 3.32. The number of aromatic nitrogens is 2. The van der Waals surface area contributed by atoms with Gasteiger partial charge in [-0.05, 0) is 59.8 Å². The fourth-order valence-corrected chi connectivity index (χ4v) is 4.86. The van der Waals surface area contributed by atoms with Crippen molar-refractivity contribution in [2.24, 2.45) is 0 Å². The highest BCUT2D eigenvalue weighted by atomic mass is 19.1. The number of hydrogen-bond acceptors (Lipinski definition) is 4. The third kappa shape index (κ3) is 4.22. The summed E-state index contributed by atoms with van der Waals surface area (Å²) in [5.74, 6) is -1.38. The van der Waals surface area contributed by atoms with Crippen molar-refractivity contribution in [3.63, 3.8) is 0 Å². The summed E-state index contributed by atoms with van der Waals surface area (Å²) >= 11 is 0. The molecule has 3 aromatic carbocycles. The van der Waals surface area contributed by atoms with E-state index in [4.69, 9.17) is 0 Å². The Balaban J connectivity index is 1.09. The summed E-state index contributed by atoms with van der Waals surface area (Å²) in [5.41, 5.74) is 4.63. The molecule has 6 rings (SSSR count). The lowest BCUT2D eigenvalue weighted by Gasteiger charge is -2.19. The van der Waals surface area contributed by atoms with E-state index in [0.717, 1.165) is 45.1 Å². The average molecular weight is 505 g/mol. The number of nitrogens with zero attached hydrogens (tertiary/aromatic N) is 1. The molecule has 7 nitrogen and oxygen atoms in total. The van der Waals surface area contributed by atoms with Gasteiger partial charge in [-0.2, -0.15) is 0 Å². The summed E-state index contributed by atoms with van der Waals surface area (Å²) in [6.45, 7) is 0.323. The van der Waals surface area contributed by atoms with Crippen LogP contribution >= 0.6 is 0 Å².